The van der Waals surface area contributed by atoms with Crippen molar-refractivity contribution in [1.29, 1.82) is 0 Å². The third-order valence-corrected chi connectivity index (χ3v) is 2.60. The van der Waals surface area contributed by atoms with Crippen LogP contribution < -0.4 is 0 Å². The molecule has 66 valence electrons. The van der Waals surface area contributed by atoms with Crippen LogP contribution in [0, 0.1) is 0 Å². The minimum Gasteiger partial charge on any atom is -0.256 e. The van der Waals surface area contributed by atoms with Gasteiger partial charge < -0.3 is 0 Å². The van der Waals surface area contributed by atoms with E-state index in [2.05, 4.69) is 40.0 Å². The number of benzene rings is 1. The smallest absolute Gasteiger partial charge is 0.0702 e. The normalized spacial score (nSPS) is 13.1. The molecule has 0 spiro atoms. The highest BCUT2D eigenvalue weighted by molar-refractivity contribution is 9.09. The quantitative estimate of drug-likeness (QED) is 0.688. The maximum Gasteiger partial charge on any atom is 0.0702 e. The fourth-order valence-electron chi connectivity index (χ4n) is 1.31. The van der Waals surface area contributed by atoms with Crippen molar-refractivity contribution < 1.29 is 0 Å². The van der Waals surface area contributed by atoms with Crippen molar-refractivity contribution >= 4 is 26.8 Å². The molecular formula is C11H10BrN. The van der Waals surface area contributed by atoms with E-state index in [-0.39, 0.29) is 0 Å². The maximum absolute atomic E-state index is 4.37. The summed E-state index contributed by atoms with van der Waals surface area (Å²) < 4.78 is 0. The van der Waals surface area contributed by atoms with Crippen LogP contribution in [0.2, 0.25) is 0 Å². The summed E-state index contributed by atoms with van der Waals surface area (Å²) in [5.74, 6) is 0. The van der Waals surface area contributed by atoms with Gasteiger partial charge in [0, 0.05) is 16.4 Å². The van der Waals surface area contributed by atoms with Crippen LogP contribution in [0.5, 0.6) is 0 Å². The van der Waals surface area contributed by atoms with Crippen molar-refractivity contribution in [2.75, 3.05) is 0 Å². The Kier molecular flexibility index (Phi) is 2.32. The van der Waals surface area contributed by atoms with E-state index in [1.54, 1.807) is 0 Å². The number of aromatic nitrogens is 1. The van der Waals surface area contributed by atoms with Crippen molar-refractivity contribution in [3.05, 3.63) is 42.1 Å². The highest BCUT2D eigenvalue weighted by Gasteiger charge is 2.01. The van der Waals surface area contributed by atoms with E-state index < -0.39 is 0 Å². The molecule has 2 heteroatoms. The highest BCUT2D eigenvalue weighted by atomic mass is 79.9. The molecule has 0 bridgehead atoms. The summed E-state index contributed by atoms with van der Waals surface area (Å²) in [4.78, 5) is 4.74. The number of hydrogen-bond donors (Lipinski definition) is 0. The van der Waals surface area contributed by atoms with Gasteiger partial charge in [-0.25, -0.2) is 0 Å². The Bertz CT molecular complexity index is 423. The molecule has 0 saturated carbocycles. The van der Waals surface area contributed by atoms with Crippen molar-refractivity contribution in [3.63, 3.8) is 0 Å². The molecule has 0 N–H and O–H groups in total. The summed E-state index contributed by atoms with van der Waals surface area (Å²) >= 11 is 3.53. The Labute approximate surface area is 85.9 Å². The molecule has 1 atom stereocenters. The van der Waals surface area contributed by atoms with Gasteiger partial charge in [0.15, 0.2) is 0 Å². The molecule has 2 aromatic rings. The van der Waals surface area contributed by atoms with Crippen LogP contribution in [0.3, 0.4) is 0 Å². The van der Waals surface area contributed by atoms with E-state index in [0.29, 0.717) is 4.83 Å². The summed E-state index contributed by atoms with van der Waals surface area (Å²) in [6.45, 7) is 2.10. The van der Waals surface area contributed by atoms with Gasteiger partial charge in [0.05, 0.1) is 5.52 Å². The number of nitrogens with zero attached hydrogens (tertiary/aromatic N) is 1. The molecule has 1 heterocycles. The number of pyridine rings is 1. The maximum atomic E-state index is 4.37. The summed E-state index contributed by atoms with van der Waals surface area (Å²) in [5.41, 5.74) is 2.28. The zero-order chi connectivity index (χ0) is 9.26. The minimum atomic E-state index is 0.365. The summed E-state index contributed by atoms with van der Waals surface area (Å²) in [5, 5.41) is 1.20. The van der Waals surface area contributed by atoms with Gasteiger partial charge in [0.25, 0.3) is 0 Å². The Morgan fingerprint density at radius 2 is 2.08 bits per heavy atom. The predicted octanol–water partition coefficient (Wildman–Crippen LogP) is 3.69. The largest absolute Gasteiger partial charge is 0.256 e. The highest BCUT2D eigenvalue weighted by Crippen LogP contribution is 2.23. The number of halogens is 1. The van der Waals surface area contributed by atoms with Gasteiger partial charge in [-0.3, -0.25) is 4.98 Å². The van der Waals surface area contributed by atoms with Crippen molar-refractivity contribution in [2.45, 2.75) is 11.8 Å². The molecule has 2 rings (SSSR count). The Hall–Kier alpha value is -0.890. The lowest BCUT2D eigenvalue weighted by Gasteiger charge is -2.03. The van der Waals surface area contributed by atoms with Gasteiger partial charge in [0.2, 0.25) is 0 Å². The average molecular weight is 236 g/mol. The van der Waals surface area contributed by atoms with Crippen LogP contribution in [-0.2, 0) is 0 Å². The molecule has 0 aliphatic rings. The fraction of sp³-hybridized carbons (Fsp3) is 0.182. The van der Waals surface area contributed by atoms with Crippen molar-refractivity contribution in [3.8, 4) is 0 Å². The molecule has 0 saturated heterocycles. The van der Waals surface area contributed by atoms with Crippen molar-refractivity contribution in [2.24, 2.45) is 0 Å². The van der Waals surface area contributed by atoms with Crippen LogP contribution in [-0.4, -0.2) is 4.98 Å². The zero-order valence-electron chi connectivity index (χ0n) is 7.37. The van der Waals surface area contributed by atoms with E-state index >= 15 is 0 Å². The molecule has 13 heavy (non-hydrogen) atoms. The van der Waals surface area contributed by atoms with E-state index in [1.807, 2.05) is 24.4 Å². The van der Waals surface area contributed by atoms with Gasteiger partial charge in [-0.05, 0) is 24.6 Å². The molecule has 0 radical (unpaired) electrons. The first-order valence-corrected chi connectivity index (χ1v) is 5.18. The molecule has 0 amide bonds. The van der Waals surface area contributed by atoms with Crippen LogP contribution in [0.1, 0.15) is 17.3 Å². The van der Waals surface area contributed by atoms with Gasteiger partial charge >= 0.3 is 0 Å². The third kappa shape index (κ3) is 1.73. The lowest BCUT2D eigenvalue weighted by Crippen LogP contribution is -1.86. The lowest BCUT2D eigenvalue weighted by molar-refractivity contribution is 1.11. The Morgan fingerprint density at radius 3 is 2.85 bits per heavy atom. The lowest BCUT2D eigenvalue weighted by atomic mass is 10.1. The molecule has 0 aliphatic heterocycles. The molecule has 1 aromatic heterocycles. The van der Waals surface area contributed by atoms with Crippen LogP contribution >= 0.6 is 15.9 Å². The standard InChI is InChI=1S/C11H10BrN/c1-8(12)10-6-9-4-2-3-5-11(9)13-7-10/h2-8H,1H3. The van der Waals surface area contributed by atoms with Crippen LogP contribution in [0.25, 0.3) is 10.9 Å². The molecule has 1 aromatic carbocycles. The zero-order valence-corrected chi connectivity index (χ0v) is 8.95. The second-order valence-electron chi connectivity index (χ2n) is 3.08. The molecule has 1 nitrogen and oxygen atoms in total. The van der Waals surface area contributed by atoms with Crippen LogP contribution in [0.4, 0.5) is 0 Å². The third-order valence-electron chi connectivity index (χ3n) is 2.07. The van der Waals surface area contributed by atoms with Gasteiger partial charge in [0.1, 0.15) is 0 Å². The van der Waals surface area contributed by atoms with Gasteiger partial charge in [-0.15, -0.1) is 0 Å². The van der Waals surface area contributed by atoms with E-state index in [1.165, 1.54) is 10.9 Å². The number of fused-ring (bicyclic) bond motifs is 1. The van der Waals surface area contributed by atoms with Crippen LogP contribution in [0.15, 0.2) is 36.5 Å². The molecule has 0 fully saturated rings. The number of para-hydroxylation sites is 1. The molecular weight excluding hydrogens is 226 g/mol. The summed E-state index contributed by atoms with van der Waals surface area (Å²) in [6.07, 6.45) is 1.92. The average Bonchev–Trinajstić information content (AvgIpc) is 2.17. The minimum absolute atomic E-state index is 0.365. The topological polar surface area (TPSA) is 12.9 Å². The Balaban J connectivity index is 2.62. The first kappa shape index (κ1) is 8.70. The second kappa shape index (κ2) is 3.46. The first-order valence-electron chi connectivity index (χ1n) is 4.26. The van der Waals surface area contributed by atoms with E-state index in [9.17, 15) is 0 Å². The number of hydrogen-bond acceptors (Lipinski definition) is 1. The molecule has 1 unspecified atom stereocenters. The summed E-state index contributed by atoms with van der Waals surface area (Å²) in [6, 6.07) is 10.3. The Morgan fingerprint density at radius 1 is 1.31 bits per heavy atom. The SMILES string of the molecule is CC(Br)c1cnc2ccccc2c1. The van der Waals surface area contributed by atoms with Gasteiger partial charge in [-0.2, -0.15) is 0 Å². The molecule has 0 aliphatic carbocycles. The second-order valence-corrected chi connectivity index (χ2v) is 4.45. The number of alkyl halides is 1. The predicted molar refractivity (Wildman–Crippen MR) is 59.1 cm³/mol. The van der Waals surface area contributed by atoms with Crippen molar-refractivity contribution in [1.82, 2.24) is 4.98 Å². The van der Waals surface area contributed by atoms with E-state index in [0.717, 1.165) is 5.52 Å². The van der Waals surface area contributed by atoms with Gasteiger partial charge in [-0.1, -0.05) is 34.1 Å². The summed E-state index contributed by atoms with van der Waals surface area (Å²) in [7, 11) is 0. The van der Waals surface area contributed by atoms with E-state index in [4.69, 9.17) is 0 Å². The monoisotopic (exact) mass is 235 g/mol. The number of rotatable bonds is 1. The fourth-order valence-corrected chi connectivity index (χ4v) is 1.56. The first-order chi connectivity index (χ1) is 6.27.